The van der Waals surface area contributed by atoms with Gasteiger partial charge in [-0.25, -0.2) is 17.5 Å². The van der Waals surface area contributed by atoms with E-state index in [4.69, 9.17) is 0 Å². The molecule has 0 aromatic heterocycles. The van der Waals surface area contributed by atoms with Crippen LogP contribution in [0.25, 0.3) is 0 Å². The van der Waals surface area contributed by atoms with Gasteiger partial charge < -0.3 is 5.32 Å². The number of non-ortho nitro benzene ring substituents is 1. The van der Waals surface area contributed by atoms with Crippen LogP contribution in [0.4, 0.5) is 15.8 Å². The van der Waals surface area contributed by atoms with Gasteiger partial charge in [0.2, 0.25) is 10.0 Å². The first kappa shape index (κ1) is 18.0. The van der Waals surface area contributed by atoms with Crippen molar-refractivity contribution in [2.45, 2.75) is 23.8 Å². The van der Waals surface area contributed by atoms with E-state index in [0.29, 0.717) is 0 Å². The van der Waals surface area contributed by atoms with Crippen molar-refractivity contribution in [2.75, 3.05) is 5.32 Å². The zero-order valence-corrected chi connectivity index (χ0v) is 14.1. The Morgan fingerprint density at radius 2 is 1.92 bits per heavy atom. The fraction of sp³-hybridized carbons (Fsp3) is 0.188. The van der Waals surface area contributed by atoms with Crippen LogP contribution in [0.1, 0.15) is 23.2 Å². The minimum absolute atomic E-state index is 0.0189. The quantitative estimate of drug-likeness (QED) is 0.590. The first-order valence-electron chi connectivity index (χ1n) is 7.64. The summed E-state index contributed by atoms with van der Waals surface area (Å²) in [6, 6.07) is 7.90. The van der Waals surface area contributed by atoms with Crippen molar-refractivity contribution in [3.63, 3.8) is 0 Å². The van der Waals surface area contributed by atoms with E-state index in [1.54, 1.807) is 0 Å². The third kappa shape index (κ3) is 4.03. The van der Waals surface area contributed by atoms with Crippen molar-refractivity contribution in [3.8, 4) is 0 Å². The number of nitro groups is 1. The molecule has 10 heteroatoms. The largest absolute Gasteiger partial charge is 0.319 e. The lowest BCUT2D eigenvalue weighted by molar-refractivity contribution is -0.384. The Morgan fingerprint density at radius 3 is 2.58 bits per heavy atom. The molecule has 2 N–H and O–H groups in total. The molecule has 0 radical (unpaired) electrons. The first-order valence-corrected chi connectivity index (χ1v) is 9.12. The molecular weight excluding hydrogens is 365 g/mol. The highest BCUT2D eigenvalue weighted by molar-refractivity contribution is 7.89. The molecule has 1 saturated carbocycles. The van der Waals surface area contributed by atoms with Crippen LogP contribution in [0.5, 0.6) is 0 Å². The summed E-state index contributed by atoms with van der Waals surface area (Å²) in [6.07, 6.45) is 1.54. The van der Waals surface area contributed by atoms with Gasteiger partial charge in [0.05, 0.1) is 15.5 Å². The van der Waals surface area contributed by atoms with Gasteiger partial charge in [-0.15, -0.1) is 0 Å². The first-order chi connectivity index (χ1) is 12.3. The van der Waals surface area contributed by atoms with Crippen LogP contribution >= 0.6 is 0 Å². The summed E-state index contributed by atoms with van der Waals surface area (Å²) in [4.78, 5) is 22.3. The molecule has 1 aliphatic carbocycles. The summed E-state index contributed by atoms with van der Waals surface area (Å²) in [5.41, 5.74) is -0.769. The van der Waals surface area contributed by atoms with Crippen molar-refractivity contribution in [1.29, 1.82) is 0 Å². The van der Waals surface area contributed by atoms with Crippen molar-refractivity contribution in [3.05, 3.63) is 64.0 Å². The number of carbonyl (C=O) groups is 1. The van der Waals surface area contributed by atoms with Gasteiger partial charge in [0.1, 0.15) is 5.82 Å². The number of rotatable bonds is 6. The number of sulfonamides is 1. The lowest BCUT2D eigenvalue weighted by atomic mass is 10.2. The molecule has 0 unspecified atom stereocenters. The number of hydrogen-bond acceptors (Lipinski definition) is 5. The Kier molecular flexibility index (Phi) is 4.70. The molecular formula is C16H14FN3O5S. The third-order valence-electron chi connectivity index (χ3n) is 3.71. The summed E-state index contributed by atoms with van der Waals surface area (Å²) >= 11 is 0. The van der Waals surface area contributed by atoms with E-state index < -0.39 is 26.7 Å². The summed E-state index contributed by atoms with van der Waals surface area (Å²) in [5, 5.41) is 13.0. The lowest BCUT2D eigenvalue weighted by Crippen LogP contribution is -2.26. The molecule has 2 aromatic rings. The van der Waals surface area contributed by atoms with E-state index in [1.807, 2.05) is 0 Å². The van der Waals surface area contributed by atoms with E-state index >= 15 is 0 Å². The topological polar surface area (TPSA) is 118 Å². The Balaban J connectivity index is 1.83. The molecule has 0 spiro atoms. The number of nitrogens with one attached hydrogen (secondary N) is 2. The van der Waals surface area contributed by atoms with E-state index in [1.165, 1.54) is 18.2 Å². The maximum Gasteiger partial charge on any atom is 0.271 e. The van der Waals surface area contributed by atoms with Gasteiger partial charge in [-0.05, 0) is 37.1 Å². The van der Waals surface area contributed by atoms with Gasteiger partial charge in [0.25, 0.3) is 11.6 Å². The fourth-order valence-corrected chi connectivity index (χ4v) is 3.56. The molecule has 1 fully saturated rings. The minimum Gasteiger partial charge on any atom is -0.319 e. The van der Waals surface area contributed by atoms with Gasteiger partial charge in [-0.3, -0.25) is 14.9 Å². The second-order valence-electron chi connectivity index (χ2n) is 5.80. The van der Waals surface area contributed by atoms with Gasteiger partial charge in [-0.1, -0.05) is 6.07 Å². The number of halogens is 1. The summed E-state index contributed by atoms with van der Waals surface area (Å²) in [5.74, 6) is -1.63. The Labute approximate surface area is 148 Å². The summed E-state index contributed by atoms with van der Waals surface area (Å²) in [6.45, 7) is 0. The van der Waals surface area contributed by atoms with Crippen molar-refractivity contribution in [2.24, 2.45) is 0 Å². The van der Waals surface area contributed by atoms with Crippen LogP contribution in [-0.2, 0) is 10.0 Å². The van der Waals surface area contributed by atoms with Gasteiger partial charge >= 0.3 is 0 Å². The normalized spacial score (nSPS) is 14.0. The van der Waals surface area contributed by atoms with Crippen LogP contribution in [0.2, 0.25) is 0 Å². The van der Waals surface area contributed by atoms with Crippen molar-refractivity contribution >= 4 is 27.3 Å². The van der Waals surface area contributed by atoms with E-state index in [-0.39, 0.29) is 27.9 Å². The number of carbonyl (C=O) groups excluding carboxylic acids is 1. The number of benzene rings is 2. The van der Waals surface area contributed by atoms with Crippen molar-refractivity contribution < 1.29 is 22.5 Å². The second-order valence-corrected chi connectivity index (χ2v) is 7.51. The number of amides is 1. The van der Waals surface area contributed by atoms with Crippen LogP contribution in [-0.4, -0.2) is 25.3 Å². The van der Waals surface area contributed by atoms with E-state index in [2.05, 4.69) is 10.0 Å². The lowest BCUT2D eigenvalue weighted by Gasteiger charge is -2.09. The Hall–Kier alpha value is -2.85. The predicted molar refractivity (Wildman–Crippen MR) is 90.8 cm³/mol. The number of nitro benzene ring substituents is 1. The van der Waals surface area contributed by atoms with Gasteiger partial charge in [0.15, 0.2) is 0 Å². The highest BCUT2D eigenvalue weighted by Crippen LogP contribution is 2.24. The molecule has 0 heterocycles. The standard InChI is InChI=1S/C16H14FN3O5S/c17-14-7-6-12(20(22)23)9-15(14)18-16(21)10-2-1-3-13(8-10)26(24,25)19-11-4-5-11/h1-3,6-9,11,19H,4-5H2,(H,18,21). The second kappa shape index (κ2) is 6.81. The van der Waals surface area contributed by atoms with Crippen LogP contribution in [0.15, 0.2) is 47.4 Å². The SMILES string of the molecule is O=C(Nc1cc([N+](=O)[O-])ccc1F)c1cccc(S(=O)(=O)NC2CC2)c1. The maximum atomic E-state index is 13.8. The van der Waals surface area contributed by atoms with E-state index in [9.17, 15) is 27.7 Å². The molecule has 136 valence electrons. The zero-order chi connectivity index (χ0) is 18.9. The molecule has 0 atom stereocenters. The van der Waals surface area contributed by atoms with Gasteiger partial charge in [-0.2, -0.15) is 0 Å². The van der Waals surface area contributed by atoms with E-state index in [0.717, 1.165) is 37.1 Å². The van der Waals surface area contributed by atoms with Crippen LogP contribution in [0.3, 0.4) is 0 Å². The molecule has 1 amide bonds. The highest BCUT2D eigenvalue weighted by Gasteiger charge is 2.28. The summed E-state index contributed by atoms with van der Waals surface area (Å²) in [7, 11) is -3.75. The molecule has 3 rings (SSSR count). The monoisotopic (exact) mass is 379 g/mol. The molecule has 0 saturated heterocycles. The van der Waals surface area contributed by atoms with Crippen LogP contribution in [0, 0.1) is 15.9 Å². The number of hydrogen-bond donors (Lipinski definition) is 2. The molecule has 1 aliphatic rings. The maximum absolute atomic E-state index is 13.8. The molecule has 26 heavy (non-hydrogen) atoms. The fourth-order valence-electron chi connectivity index (χ4n) is 2.21. The number of anilines is 1. The molecule has 8 nitrogen and oxygen atoms in total. The molecule has 2 aromatic carbocycles. The number of nitrogens with zero attached hydrogens (tertiary/aromatic N) is 1. The average Bonchev–Trinajstić information content (AvgIpc) is 3.40. The third-order valence-corrected chi connectivity index (χ3v) is 5.23. The van der Waals surface area contributed by atoms with Crippen molar-refractivity contribution in [1.82, 2.24) is 4.72 Å². The smallest absolute Gasteiger partial charge is 0.271 e. The Bertz CT molecular complexity index is 989. The van der Waals surface area contributed by atoms with Crippen LogP contribution < -0.4 is 10.0 Å². The predicted octanol–water partition coefficient (Wildman–Crippen LogP) is 2.43. The zero-order valence-electron chi connectivity index (χ0n) is 13.3. The summed E-state index contributed by atoms with van der Waals surface area (Å²) < 4.78 is 40.7. The highest BCUT2D eigenvalue weighted by atomic mass is 32.2. The molecule has 0 aliphatic heterocycles. The molecule has 0 bridgehead atoms. The minimum atomic E-state index is -3.75. The van der Waals surface area contributed by atoms with Gasteiger partial charge in [0, 0.05) is 23.7 Å². The average molecular weight is 379 g/mol. The Morgan fingerprint density at radius 1 is 1.19 bits per heavy atom.